The van der Waals surface area contributed by atoms with E-state index in [0.29, 0.717) is 41.0 Å². The number of likely N-dealkylation sites (tertiary alicyclic amines) is 1. The number of rotatable bonds is 6. The van der Waals surface area contributed by atoms with Gasteiger partial charge >= 0.3 is 6.03 Å². The second kappa shape index (κ2) is 10.3. The predicted molar refractivity (Wildman–Crippen MR) is 126 cm³/mol. The van der Waals surface area contributed by atoms with Crippen LogP contribution in [-0.4, -0.2) is 54.3 Å². The van der Waals surface area contributed by atoms with Gasteiger partial charge in [-0.25, -0.2) is 4.79 Å². The molecule has 1 saturated heterocycles. The molecule has 2 N–H and O–H groups in total. The molecule has 0 atom stereocenters. The largest absolute Gasteiger partial charge is 0.497 e. The van der Waals surface area contributed by atoms with Crippen LogP contribution in [0.3, 0.4) is 0 Å². The molecule has 1 aliphatic rings. The lowest BCUT2D eigenvalue weighted by Gasteiger charge is -2.31. The summed E-state index contributed by atoms with van der Waals surface area (Å²) in [5.41, 5.74) is 1.30. The van der Waals surface area contributed by atoms with E-state index < -0.39 is 0 Å². The van der Waals surface area contributed by atoms with Gasteiger partial charge in [-0.2, -0.15) is 0 Å². The number of nitrogens with one attached hydrogen (secondary N) is 2. The smallest absolute Gasteiger partial charge is 0.321 e. The van der Waals surface area contributed by atoms with Crippen molar-refractivity contribution in [1.82, 2.24) is 15.1 Å². The highest BCUT2D eigenvalue weighted by molar-refractivity contribution is 7.13. The number of para-hydroxylation sites is 2. The number of anilines is 2. The monoisotopic (exact) mass is 467 g/mol. The Labute approximate surface area is 195 Å². The first-order valence-corrected chi connectivity index (χ1v) is 11.4. The van der Waals surface area contributed by atoms with Crippen molar-refractivity contribution < 1.29 is 19.1 Å². The number of benzene rings is 2. The summed E-state index contributed by atoms with van der Waals surface area (Å²) in [5, 5.41) is 15.2. The number of carbonyl (C=O) groups is 2. The van der Waals surface area contributed by atoms with E-state index in [2.05, 4.69) is 20.8 Å². The van der Waals surface area contributed by atoms with Crippen LogP contribution in [0.5, 0.6) is 11.5 Å². The lowest BCUT2D eigenvalue weighted by Crippen LogP contribution is -2.40. The first kappa shape index (κ1) is 22.5. The van der Waals surface area contributed by atoms with Gasteiger partial charge in [-0.05, 0) is 49.2 Å². The van der Waals surface area contributed by atoms with Gasteiger partial charge in [-0.1, -0.05) is 23.5 Å². The molecule has 3 amide bonds. The van der Waals surface area contributed by atoms with Crippen LogP contribution in [-0.2, 0) is 0 Å². The molecule has 0 bridgehead atoms. The number of hydrogen-bond acceptors (Lipinski definition) is 7. The van der Waals surface area contributed by atoms with Crippen molar-refractivity contribution in [3.63, 3.8) is 0 Å². The Bertz CT molecular complexity index is 1110. The molecule has 2 aromatic carbocycles. The second-order valence-corrected chi connectivity index (χ2v) is 8.53. The third-order valence-corrected chi connectivity index (χ3v) is 6.55. The standard InChI is InChI=1S/C23H25N5O4S/c1-31-17-9-7-16(8-10-17)24-20(29)22-27-26-21(33-22)15-11-13-28(14-12-15)23(30)25-18-5-3-4-6-19(18)32-2/h3-10,15H,11-14H2,1-2H3,(H,24,29)(H,25,30). The Kier molecular flexibility index (Phi) is 7.04. The highest BCUT2D eigenvalue weighted by Gasteiger charge is 2.27. The Balaban J connectivity index is 1.31. The topological polar surface area (TPSA) is 106 Å². The van der Waals surface area contributed by atoms with E-state index in [-0.39, 0.29) is 17.9 Å². The minimum absolute atomic E-state index is 0.158. The molecule has 4 rings (SSSR count). The summed E-state index contributed by atoms with van der Waals surface area (Å²) in [7, 11) is 3.16. The van der Waals surface area contributed by atoms with E-state index in [0.717, 1.165) is 17.8 Å². The second-order valence-electron chi connectivity index (χ2n) is 7.52. The molecular weight excluding hydrogens is 442 g/mol. The fraction of sp³-hybridized carbons (Fsp3) is 0.304. The van der Waals surface area contributed by atoms with Crippen molar-refractivity contribution in [3.8, 4) is 11.5 Å². The summed E-state index contributed by atoms with van der Waals surface area (Å²) in [6.45, 7) is 1.19. The summed E-state index contributed by atoms with van der Waals surface area (Å²) in [5.74, 6) is 1.21. The van der Waals surface area contributed by atoms with Crippen LogP contribution in [0, 0.1) is 0 Å². The summed E-state index contributed by atoms with van der Waals surface area (Å²) in [4.78, 5) is 27.0. The molecule has 0 aliphatic carbocycles. The van der Waals surface area contributed by atoms with Gasteiger partial charge in [0.1, 0.15) is 16.5 Å². The van der Waals surface area contributed by atoms with Crippen molar-refractivity contribution in [2.45, 2.75) is 18.8 Å². The molecule has 0 unspecified atom stereocenters. The number of piperidine rings is 1. The van der Waals surface area contributed by atoms with Gasteiger partial charge in [-0.3, -0.25) is 4.79 Å². The summed E-state index contributed by atoms with van der Waals surface area (Å²) < 4.78 is 10.4. The van der Waals surface area contributed by atoms with Crippen molar-refractivity contribution in [2.75, 3.05) is 37.9 Å². The van der Waals surface area contributed by atoms with E-state index in [4.69, 9.17) is 9.47 Å². The number of ether oxygens (including phenoxy) is 2. The SMILES string of the molecule is COc1ccc(NC(=O)c2nnc(C3CCN(C(=O)Nc4ccccc4OC)CC3)s2)cc1. The zero-order valence-corrected chi connectivity index (χ0v) is 19.2. The lowest BCUT2D eigenvalue weighted by atomic mass is 9.98. The molecule has 0 saturated carbocycles. The molecule has 172 valence electrons. The normalized spacial score (nSPS) is 13.9. The molecule has 1 fully saturated rings. The van der Waals surface area contributed by atoms with Gasteiger partial charge in [0, 0.05) is 24.7 Å². The molecule has 1 aliphatic heterocycles. The number of nitrogens with zero attached hydrogens (tertiary/aromatic N) is 3. The van der Waals surface area contributed by atoms with Crippen LogP contribution in [0.4, 0.5) is 16.2 Å². The highest BCUT2D eigenvalue weighted by atomic mass is 32.1. The van der Waals surface area contributed by atoms with Crippen LogP contribution >= 0.6 is 11.3 Å². The molecule has 10 heteroatoms. The average Bonchev–Trinajstić information content (AvgIpc) is 3.35. The maximum absolute atomic E-state index is 12.7. The van der Waals surface area contributed by atoms with Crippen molar-refractivity contribution in [1.29, 1.82) is 0 Å². The van der Waals surface area contributed by atoms with Gasteiger partial charge in [0.05, 0.1) is 19.9 Å². The first-order valence-electron chi connectivity index (χ1n) is 10.5. The van der Waals surface area contributed by atoms with E-state index in [1.807, 2.05) is 18.2 Å². The number of urea groups is 1. The third kappa shape index (κ3) is 5.40. The van der Waals surface area contributed by atoms with Gasteiger partial charge in [0.15, 0.2) is 0 Å². The van der Waals surface area contributed by atoms with E-state index >= 15 is 0 Å². The van der Waals surface area contributed by atoms with Gasteiger partial charge in [-0.15, -0.1) is 10.2 Å². The van der Waals surface area contributed by atoms with Crippen molar-refractivity contribution in [3.05, 3.63) is 58.5 Å². The van der Waals surface area contributed by atoms with Crippen molar-refractivity contribution in [2.24, 2.45) is 0 Å². The van der Waals surface area contributed by atoms with E-state index in [9.17, 15) is 9.59 Å². The van der Waals surface area contributed by atoms with Gasteiger partial charge in [0.25, 0.3) is 5.91 Å². The first-order chi connectivity index (χ1) is 16.1. The molecule has 2 heterocycles. The Morgan fingerprint density at radius 3 is 2.39 bits per heavy atom. The van der Waals surface area contributed by atoms with E-state index in [1.54, 1.807) is 49.5 Å². The fourth-order valence-electron chi connectivity index (χ4n) is 3.62. The Morgan fingerprint density at radius 1 is 0.970 bits per heavy atom. The predicted octanol–water partition coefficient (Wildman–Crippen LogP) is 4.22. The number of methoxy groups -OCH3 is 2. The van der Waals surface area contributed by atoms with Gasteiger partial charge in [0.2, 0.25) is 5.01 Å². The maximum atomic E-state index is 12.7. The van der Waals surface area contributed by atoms with Crippen LogP contribution in [0.2, 0.25) is 0 Å². The summed E-state index contributed by atoms with van der Waals surface area (Å²) in [6, 6.07) is 14.3. The average molecular weight is 468 g/mol. The lowest BCUT2D eigenvalue weighted by molar-refractivity contribution is 0.102. The zero-order chi connectivity index (χ0) is 23.2. The van der Waals surface area contributed by atoms with Gasteiger partial charge < -0.3 is 25.0 Å². The number of aromatic nitrogens is 2. The molecule has 0 radical (unpaired) electrons. The molecule has 1 aromatic heterocycles. The third-order valence-electron chi connectivity index (χ3n) is 5.46. The zero-order valence-electron chi connectivity index (χ0n) is 18.4. The minimum atomic E-state index is -0.294. The molecular formula is C23H25N5O4S. The molecule has 9 nitrogen and oxygen atoms in total. The quantitative estimate of drug-likeness (QED) is 0.562. The number of hydrogen-bond donors (Lipinski definition) is 2. The van der Waals surface area contributed by atoms with Crippen LogP contribution in [0.25, 0.3) is 0 Å². The molecule has 33 heavy (non-hydrogen) atoms. The number of amides is 3. The van der Waals surface area contributed by atoms with Crippen LogP contribution in [0.15, 0.2) is 48.5 Å². The molecule has 0 spiro atoms. The summed E-state index contributed by atoms with van der Waals surface area (Å²) >= 11 is 1.30. The maximum Gasteiger partial charge on any atom is 0.321 e. The fourth-order valence-corrected chi connectivity index (χ4v) is 4.53. The molecule has 3 aromatic rings. The number of carbonyl (C=O) groups excluding carboxylic acids is 2. The van der Waals surface area contributed by atoms with E-state index in [1.165, 1.54) is 11.3 Å². The van der Waals surface area contributed by atoms with Crippen LogP contribution < -0.4 is 20.1 Å². The van der Waals surface area contributed by atoms with Crippen molar-refractivity contribution >= 4 is 34.6 Å². The Morgan fingerprint density at radius 2 is 1.70 bits per heavy atom. The summed E-state index contributed by atoms with van der Waals surface area (Å²) in [6.07, 6.45) is 1.52. The minimum Gasteiger partial charge on any atom is -0.497 e. The van der Waals surface area contributed by atoms with Crippen LogP contribution in [0.1, 0.15) is 33.6 Å². The highest BCUT2D eigenvalue weighted by Crippen LogP contribution is 2.31. The Hall–Kier alpha value is -3.66.